The first-order chi connectivity index (χ1) is 13.4. The lowest BCUT2D eigenvalue weighted by Crippen LogP contribution is -2.33. The molecule has 146 valence electrons. The molecular formula is C21H22ClN3O2S. The van der Waals surface area contributed by atoms with Gasteiger partial charge >= 0.3 is 0 Å². The van der Waals surface area contributed by atoms with E-state index in [9.17, 15) is 4.79 Å². The van der Waals surface area contributed by atoms with Crippen molar-refractivity contribution >= 4 is 51.6 Å². The zero-order chi connectivity index (χ0) is 20.3. The van der Waals surface area contributed by atoms with E-state index in [2.05, 4.69) is 41.6 Å². The van der Waals surface area contributed by atoms with E-state index in [-0.39, 0.29) is 11.0 Å². The van der Waals surface area contributed by atoms with Crippen LogP contribution in [0.25, 0.3) is 22.6 Å². The highest BCUT2D eigenvalue weighted by Gasteiger charge is 2.13. The number of aromatic nitrogens is 1. The highest BCUT2D eigenvalue weighted by atomic mass is 35.5. The Bertz CT molecular complexity index is 1030. The summed E-state index contributed by atoms with van der Waals surface area (Å²) < 4.78 is 5.92. The number of benzene rings is 2. The van der Waals surface area contributed by atoms with Crippen molar-refractivity contribution in [3.05, 3.63) is 47.0 Å². The third-order valence-electron chi connectivity index (χ3n) is 4.63. The molecule has 1 atom stereocenters. The first kappa shape index (κ1) is 20.3. The number of oxazole rings is 1. The van der Waals surface area contributed by atoms with Gasteiger partial charge in [-0.15, -0.1) is 0 Å². The molecule has 0 aliphatic carbocycles. The summed E-state index contributed by atoms with van der Waals surface area (Å²) >= 11 is 11.4. The molecular weight excluding hydrogens is 394 g/mol. The van der Waals surface area contributed by atoms with Crippen molar-refractivity contribution in [1.29, 1.82) is 0 Å². The topological polar surface area (TPSA) is 67.2 Å². The van der Waals surface area contributed by atoms with E-state index in [1.807, 2.05) is 12.1 Å². The fourth-order valence-corrected chi connectivity index (χ4v) is 3.12. The third kappa shape index (κ3) is 4.51. The number of carbonyl (C=O) groups excluding carboxylic acids is 1. The molecule has 0 bridgehead atoms. The molecule has 0 saturated heterocycles. The summed E-state index contributed by atoms with van der Waals surface area (Å²) in [4.78, 5) is 16.1. The second kappa shape index (κ2) is 8.71. The van der Waals surface area contributed by atoms with Gasteiger partial charge in [0.15, 0.2) is 10.7 Å². The minimum absolute atomic E-state index is 0.166. The largest absolute Gasteiger partial charge is 0.436 e. The zero-order valence-electron chi connectivity index (χ0n) is 16.0. The molecule has 0 saturated carbocycles. The van der Waals surface area contributed by atoms with Crippen molar-refractivity contribution in [1.82, 2.24) is 10.3 Å². The van der Waals surface area contributed by atoms with Crippen molar-refractivity contribution in [2.45, 2.75) is 39.5 Å². The number of halogens is 1. The van der Waals surface area contributed by atoms with Gasteiger partial charge in [-0.1, -0.05) is 38.4 Å². The molecule has 3 aromatic rings. The smallest absolute Gasteiger partial charge is 0.227 e. The molecule has 7 heteroatoms. The highest BCUT2D eigenvalue weighted by Crippen LogP contribution is 2.31. The number of nitrogens with one attached hydrogen (secondary N) is 2. The molecule has 5 nitrogen and oxygen atoms in total. The monoisotopic (exact) mass is 415 g/mol. The lowest BCUT2D eigenvalue weighted by Gasteiger charge is -2.11. The average molecular weight is 416 g/mol. The summed E-state index contributed by atoms with van der Waals surface area (Å²) in [7, 11) is 0. The van der Waals surface area contributed by atoms with Gasteiger partial charge in [0.2, 0.25) is 11.8 Å². The van der Waals surface area contributed by atoms with E-state index in [0.29, 0.717) is 28.9 Å². The van der Waals surface area contributed by atoms with Crippen LogP contribution < -0.4 is 10.6 Å². The summed E-state index contributed by atoms with van der Waals surface area (Å²) in [6.07, 6.45) is 1.41. The van der Waals surface area contributed by atoms with Crippen LogP contribution in [0.3, 0.4) is 0 Å². The minimum Gasteiger partial charge on any atom is -0.436 e. The second-order valence-corrected chi connectivity index (χ2v) is 7.42. The van der Waals surface area contributed by atoms with Crippen LogP contribution in [0.1, 0.15) is 45.1 Å². The third-order valence-corrected chi connectivity index (χ3v) is 5.16. The van der Waals surface area contributed by atoms with Crippen LogP contribution in [0.2, 0.25) is 5.02 Å². The first-order valence-electron chi connectivity index (χ1n) is 9.22. The average Bonchev–Trinajstić information content (AvgIpc) is 3.12. The molecule has 0 spiro atoms. The number of rotatable bonds is 5. The number of nitrogens with zero attached hydrogens (tertiary/aromatic N) is 1. The predicted molar refractivity (Wildman–Crippen MR) is 118 cm³/mol. The van der Waals surface area contributed by atoms with Crippen LogP contribution >= 0.6 is 23.8 Å². The molecule has 3 rings (SSSR count). The Labute approximate surface area is 174 Å². The summed E-state index contributed by atoms with van der Waals surface area (Å²) in [6, 6.07) is 11.5. The van der Waals surface area contributed by atoms with Crippen LogP contribution in [-0.2, 0) is 4.79 Å². The normalized spacial score (nSPS) is 12.0. The Balaban J connectivity index is 1.89. The molecule has 0 aliphatic rings. The Kier molecular flexibility index (Phi) is 6.31. The van der Waals surface area contributed by atoms with E-state index in [1.54, 1.807) is 19.1 Å². The number of thiocarbonyl (C=S) groups is 1. The molecule has 0 radical (unpaired) electrons. The van der Waals surface area contributed by atoms with Crippen molar-refractivity contribution in [3.8, 4) is 11.5 Å². The summed E-state index contributed by atoms with van der Waals surface area (Å²) in [6.45, 7) is 6.11. The molecule has 2 N–H and O–H groups in total. The Morgan fingerprint density at radius 2 is 2.04 bits per heavy atom. The summed E-state index contributed by atoms with van der Waals surface area (Å²) in [5.41, 5.74) is 4.13. The van der Waals surface area contributed by atoms with E-state index < -0.39 is 0 Å². The Morgan fingerprint density at radius 1 is 1.25 bits per heavy atom. The van der Waals surface area contributed by atoms with Gasteiger partial charge in [-0.2, -0.15) is 0 Å². The number of fused-ring (bicyclic) bond motifs is 1. The van der Waals surface area contributed by atoms with Gasteiger partial charge in [-0.05, 0) is 60.5 Å². The van der Waals surface area contributed by atoms with E-state index >= 15 is 0 Å². The number of hydrogen-bond donors (Lipinski definition) is 2. The number of amides is 1. The standard InChI is InChI=1S/C21H22ClN3O2S/c1-4-12(3)13-7-9-18-17(10-13)23-20(27-18)14-6-8-15(22)16(11-14)24-21(28)25-19(26)5-2/h6-12H,4-5H2,1-3H3,(H2,24,25,26,28). The van der Waals surface area contributed by atoms with Crippen LogP contribution in [0.15, 0.2) is 40.8 Å². The van der Waals surface area contributed by atoms with Crippen molar-refractivity contribution < 1.29 is 9.21 Å². The van der Waals surface area contributed by atoms with Gasteiger partial charge in [-0.3, -0.25) is 4.79 Å². The number of carbonyl (C=O) groups is 1. The molecule has 1 amide bonds. The van der Waals surface area contributed by atoms with Crippen molar-refractivity contribution in [3.63, 3.8) is 0 Å². The fourth-order valence-electron chi connectivity index (χ4n) is 2.73. The molecule has 0 fully saturated rings. The van der Waals surface area contributed by atoms with Gasteiger partial charge < -0.3 is 15.1 Å². The van der Waals surface area contributed by atoms with Gasteiger partial charge in [0.05, 0.1) is 10.7 Å². The maximum Gasteiger partial charge on any atom is 0.227 e. The Morgan fingerprint density at radius 3 is 2.75 bits per heavy atom. The summed E-state index contributed by atoms with van der Waals surface area (Å²) in [5.74, 6) is 0.801. The summed E-state index contributed by atoms with van der Waals surface area (Å²) in [5, 5.41) is 6.22. The maximum absolute atomic E-state index is 11.5. The number of anilines is 1. The molecule has 2 aromatic carbocycles. The van der Waals surface area contributed by atoms with Crippen LogP contribution in [0, 0.1) is 0 Å². The van der Waals surface area contributed by atoms with Crippen molar-refractivity contribution in [2.75, 3.05) is 5.32 Å². The van der Waals surface area contributed by atoms with Crippen LogP contribution in [0.4, 0.5) is 5.69 Å². The minimum atomic E-state index is -0.166. The highest BCUT2D eigenvalue weighted by molar-refractivity contribution is 7.80. The molecule has 1 heterocycles. The van der Waals surface area contributed by atoms with Gasteiger partial charge in [0, 0.05) is 12.0 Å². The first-order valence-corrected chi connectivity index (χ1v) is 10.0. The zero-order valence-corrected chi connectivity index (χ0v) is 17.6. The predicted octanol–water partition coefficient (Wildman–Crippen LogP) is 5.88. The van der Waals surface area contributed by atoms with Crippen LogP contribution in [0.5, 0.6) is 0 Å². The Hall–Kier alpha value is -2.44. The van der Waals surface area contributed by atoms with E-state index in [1.165, 1.54) is 5.56 Å². The lowest BCUT2D eigenvalue weighted by atomic mass is 9.98. The maximum atomic E-state index is 11.5. The molecule has 0 aliphatic heterocycles. The second-order valence-electron chi connectivity index (χ2n) is 6.61. The SMILES string of the molecule is CCC(=O)NC(=S)Nc1cc(-c2nc3cc(C(C)CC)ccc3o2)ccc1Cl. The molecule has 1 unspecified atom stereocenters. The van der Waals surface area contributed by atoms with Crippen LogP contribution in [-0.4, -0.2) is 16.0 Å². The quantitative estimate of drug-likeness (QED) is 0.509. The van der Waals surface area contributed by atoms with E-state index in [0.717, 1.165) is 23.1 Å². The molecule has 28 heavy (non-hydrogen) atoms. The number of hydrogen-bond acceptors (Lipinski definition) is 4. The molecule has 1 aromatic heterocycles. The van der Waals surface area contributed by atoms with E-state index in [4.69, 9.17) is 28.2 Å². The van der Waals surface area contributed by atoms with Gasteiger partial charge in [0.1, 0.15) is 5.52 Å². The lowest BCUT2D eigenvalue weighted by molar-refractivity contribution is -0.119. The van der Waals surface area contributed by atoms with Gasteiger partial charge in [0.25, 0.3) is 0 Å². The van der Waals surface area contributed by atoms with Crippen molar-refractivity contribution in [2.24, 2.45) is 0 Å². The fraction of sp³-hybridized carbons (Fsp3) is 0.286. The van der Waals surface area contributed by atoms with Gasteiger partial charge in [-0.25, -0.2) is 4.98 Å².